The molecule has 22 heavy (non-hydrogen) atoms. The van der Waals surface area contributed by atoms with Gasteiger partial charge in [0, 0.05) is 9.37 Å². The Bertz CT molecular complexity index is 633. The first-order valence-electron chi connectivity index (χ1n) is 7.97. The van der Waals surface area contributed by atoms with E-state index in [0.29, 0.717) is 5.92 Å². The Balaban J connectivity index is 1.72. The molecule has 0 aromatic heterocycles. The first-order valence-corrected chi connectivity index (χ1v) is 9.64. The Morgan fingerprint density at radius 3 is 2.59 bits per heavy atom. The van der Waals surface area contributed by atoms with Crippen molar-refractivity contribution in [3.63, 3.8) is 0 Å². The summed E-state index contributed by atoms with van der Waals surface area (Å²) in [7, 11) is 0. The highest BCUT2D eigenvalue weighted by Gasteiger charge is 2.20. The molecule has 2 aromatic rings. The second-order valence-electron chi connectivity index (χ2n) is 5.86. The van der Waals surface area contributed by atoms with Crippen LogP contribution in [-0.4, -0.2) is 0 Å². The number of hydrogen-bond donors (Lipinski definition) is 0. The van der Waals surface area contributed by atoms with Crippen molar-refractivity contribution in [1.82, 2.24) is 0 Å². The van der Waals surface area contributed by atoms with Crippen LogP contribution in [0.2, 0.25) is 0 Å². The zero-order chi connectivity index (χ0) is 15.2. The largest absolute Gasteiger partial charge is 0.0981 e. The predicted molar refractivity (Wildman–Crippen MR) is 100 cm³/mol. The van der Waals surface area contributed by atoms with Crippen LogP contribution in [0.4, 0.5) is 0 Å². The second-order valence-corrected chi connectivity index (χ2v) is 7.66. The highest BCUT2D eigenvalue weighted by molar-refractivity contribution is 9.10. The van der Waals surface area contributed by atoms with Gasteiger partial charge >= 0.3 is 0 Å². The van der Waals surface area contributed by atoms with E-state index >= 15 is 0 Å². The molecule has 1 aliphatic rings. The summed E-state index contributed by atoms with van der Waals surface area (Å²) in [6, 6.07) is 19.3. The minimum Gasteiger partial charge on any atom is -0.0981 e. The summed E-state index contributed by atoms with van der Waals surface area (Å²) in [5.74, 6) is 0.698. The third-order valence-corrected chi connectivity index (χ3v) is 6.04. The zero-order valence-corrected chi connectivity index (χ0v) is 15.1. The van der Waals surface area contributed by atoms with Crippen molar-refractivity contribution in [3.8, 4) is 0 Å². The summed E-state index contributed by atoms with van der Waals surface area (Å²) < 4.78 is 1.25. The lowest BCUT2D eigenvalue weighted by molar-refractivity contribution is 0.451. The molecule has 3 rings (SSSR count). The van der Waals surface area contributed by atoms with Crippen LogP contribution in [0.5, 0.6) is 0 Å². The Kier molecular flexibility index (Phi) is 5.80. The fourth-order valence-corrected chi connectivity index (χ4v) is 4.43. The molecule has 2 aromatic carbocycles. The maximum absolute atomic E-state index is 3.69. The van der Waals surface area contributed by atoms with Crippen LogP contribution in [-0.2, 0) is 6.42 Å². The van der Waals surface area contributed by atoms with Crippen LogP contribution >= 0.6 is 27.7 Å². The van der Waals surface area contributed by atoms with E-state index in [-0.39, 0.29) is 0 Å². The monoisotopic (exact) mass is 372 g/mol. The SMILES string of the molecule is Brc1ccccc1CC1CCCC/C1=C/Sc1ccccc1. The van der Waals surface area contributed by atoms with Gasteiger partial charge in [0.25, 0.3) is 0 Å². The highest BCUT2D eigenvalue weighted by Crippen LogP contribution is 2.36. The lowest BCUT2D eigenvalue weighted by Gasteiger charge is -2.26. The van der Waals surface area contributed by atoms with Gasteiger partial charge in [-0.3, -0.25) is 0 Å². The average Bonchev–Trinajstić information content (AvgIpc) is 2.57. The van der Waals surface area contributed by atoms with Gasteiger partial charge in [-0.2, -0.15) is 0 Å². The highest BCUT2D eigenvalue weighted by atomic mass is 79.9. The van der Waals surface area contributed by atoms with E-state index in [9.17, 15) is 0 Å². The van der Waals surface area contributed by atoms with Gasteiger partial charge in [-0.1, -0.05) is 76.1 Å². The Morgan fingerprint density at radius 1 is 1.00 bits per heavy atom. The lowest BCUT2D eigenvalue weighted by Crippen LogP contribution is -2.13. The van der Waals surface area contributed by atoms with Crippen molar-refractivity contribution >= 4 is 27.7 Å². The minimum absolute atomic E-state index is 0.698. The average molecular weight is 373 g/mol. The molecule has 0 aliphatic heterocycles. The quantitative estimate of drug-likeness (QED) is 0.528. The molecule has 1 aliphatic carbocycles. The number of hydrogen-bond acceptors (Lipinski definition) is 1. The fourth-order valence-electron chi connectivity index (χ4n) is 3.07. The van der Waals surface area contributed by atoms with Crippen LogP contribution in [0.3, 0.4) is 0 Å². The molecule has 114 valence electrons. The van der Waals surface area contributed by atoms with Gasteiger partial charge in [0.15, 0.2) is 0 Å². The second kappa shape index (κ2) is 8.03. The van der Waals surface area contributed by atoms with Gasteiger partial charge in [-0.25, -0.2) is 0 Å². The summed E-state index contributed by atoms with van der Waals surface area (Å²) in [6.07, 6.45) is 6.44. The molecule has 2 heteroatoms. The Labute approximate surface area is 146 Å². The number of halogens is 1. The van der Waals surface area contributed by atoms with Gasteiger partial charge in [0.2, 0.25) is 0 Å². The summed E-state index contributed by atoms with van der Waals surface area (Å²) in [6.45, 7) is 0. The van der Waals surface area contributed by atoms with Crippen LogP contribution in [0.15, 0.2) is 74.9 Å². The Morgan fingerprint density at radius 2 is 1.77 bits per heavy atom. The molecule has 1 unspecified atom stereocenters. The minimum atomic E-state index is 0.698. The smallest absolute Gasteiger partial charge is 0.0207 e. The number of rotatable bonds is 4. The molecule has 0 bridgehead atoms. The van der Waals surface area contributed by atoms with E-state index < -0.39 is 0 Å². The summed E-state index contributed by atoms with van der Waals surface area (Å²) in [5.41, 5.74) is 3.07. The molecule has 0 saturated heterocycles. The van der Waals surface area contributed by atoms with E-state index in [2.05, 4.69) is 75.9 Å². The molecule has 1 fully saturated rings. The van der Waals surface area contributed by atoms with Gasteiger partial charge in [0.05, 0.1) is 0 Å². The van der Waals surface area contributed by atoms with Gasteiger partial charge in [0.1, 0.15) is 0 Å². The number of thioether (sulfide) groups is 1. The van der Waals surface area contributed by atoms with Crippen molar-refractivity contribution in [2.24, 2.45) is 5.92 Å². The van der Waals surface area contributed by atoms with E-state index in [4.69, 9.17) is 0 Å². The third kappa shape index (κ3) is 4.27. The molecule has 0 N–H and O–H groups in total. The van der Waals surface area contributed by atoms with E-state index in [1.54, 1.807) is 5.57 Å². The lowest BCUT2D eigenvalue weighted by atomic mass is 9.81. The molecule has 0 radical (unpaired) electrons. The van der Waals surface area contributed by atoms with Crippen LogP contribution in [0.25, 0.3) is 0 Å². The zero-order valence-electron chi connectivity index (χ0n) is 12.7. The van der Waals surface area contributed by atoms with Crippen molar-refractivity contribution < 1.29 is 0 Å². The van der Waals surface area contributed by atoms with Gasteiger partial charge in [-0.05, 0) is 60.8 Å². The maximum Gasteiger partial charge on any atom is 0.0207 e. The van der Waals surface area contributed by atoms with Crippen LogP contribution < -0.4 is 0 Å². The summed E-state index contributed by atoms with van der Waals surface area (Å²) in [4.78, 5) is 1.33. The molecule has 0 spiro atoms. The third-order valence-electron chi connectivity index (χ3n) is 4.31. The fraction of sp³-hybridized carbons (Fsp3) is 0.300. The summed E-state index contributed by atoms with van der Waals surface area (Å²) >= 11 is 5.57. The maximum atomic E-state index is 3.69. The van der Waals surface area contributed by atoms with E-state index in [1.165, 1.54) is 40.6 Å². The molecule has 0 heterocycles. The molecular formula is C20H21BrS. The Hall–Kier alpha value is -0.990. The normalized spacial score (nSPS) is 20.2. The predicted octanol–water partition coefficient (Wildman–Crippen LogP) is 6.86. The van der Waals surface area contributed by atoms with Crippen LogP contribution in [0, 0.1) is 5.92 Å². The molecular weight excluding hydrogens is 352 g/mol. The van der Waals surface area contributed by atoms with Crippen molar-refractivity contribution in [2.45, 2.75) is 37.0 Å². The standard InChI is InChI=1S/C20H21BrS/c21-20-13-7-6-9-17(20)14-16-8-4-5-10-18(16)15-22-19-11-2-1-3-12-19/h1-3,6-7,9,11-13,15-16H,4-5,8,10,14H2/b18-15-. The number of allylic oxidation sites excluding steroid dienone is 1. The molecule has 1 saturated carbocycles. The van der Waals surface area contributed by atoms with Crippen molar-refractivity contribution in [2.75, 3.05) is 0 Å². The van der Waals surface area contributed by atoms with Crippen LogP contribution in [0.1, 0.15) is 31.2 Å². The van der Waals surface area contributed by atoms with Crippen molar-refractivity contribution in [1.29, 1.82) is 0 Å². The number of benzene rings is 2. The molecule has 0 amide bonds. The van der Waals surface area contributed by atoms with E-state index in [0.717, 1.165) is 6.42 Å². The van der Waals surface area contributed by atoms with E-state index in [1.807, 2.05) is 11.8 Å². The molecule has 1 atom stereocenters. The first-order chi connectivity index (χ1) is 10.8. The van der Waals surface area contributed by atoms with Crippen molar-refractivity contribution in [3.05, 3.63) is 75.6 Å². The molecule has 0 nitrogen and oxygen atoms in total. The van der Waals surface area contributed by atoms with Gasteiger partial charge in [-0.15, -0.1) is 0 Å². The first kappa shape index (κ1) is 15.9. The topological polar surface area (TPSA) is 0 Å². The van der Waals surface area contributed by atoms with Gasteiger partial charge < -0.3 is 0 Å². The summed E-state index contributed by atoms with van der Waals surface area (Å²) in [5, 5.41) is 2.41.